The monoisotopic (exact) mass is 1690 g/mol. The Labute approximate surface area is 728 Å². The van der Waals surface area contributed by atoms with Gasteiger partial charge in [-0.05, 0) is 310 Å². The van der Waals surface area contributed by atoms with E-state index >= 15 is 0 Å². The predicted molar refractivity (Wildman–Crippen MR) is 439 cm³/mol. The van der Waals surface area contributed by atoms with Crippen molar-refractivity contribution in [2.24, 2.45) is 71.0 Å². The van der Waals surface area contributed by atoms with Gasteiger partial charge in [-0.3, -0.25) is 4.98 Å². The number of benzene rings is 6. The maximum atomic E-state index is 11.2. The van der Waals surface area contributed by atoms with E-state index in [9.17, 15) is 39.0 Å². The fourth-order valence-corrected chi connectivity index (χ4v) is 26.3. The largest absolute Gasteiger partial charge is 1.00 e. The summed E-state index contributed by atoms with van der Waals surface area (Å²) in [5.74, 6) is -3.04. The number of anilines is 1. The number of carboxylic acid groups (broad SMARTS) is 5. The molecular formula is C92H111ClN2NaO18S3-. The zero-order valence-corrected chi connectivity index (χ0v) is 71.4. The molecule has 0 amide bonds. The number of halogens is 1. The van der Waals surface area contributed by atoms with Crippen molar-refractivity contribution in [2.75, 3.05) is 19.0 Å². The van der Waals surface area contributed by atoms with E-state index in [0.29, 0.717) is 53.3 Å². The standard InChI is InChI=1S/2C18H15S.3C12H16O4.C10H16O.C7H10N2.C2H2O4.CH4.ClH.Na.H2O.H2S/c2*1-4-10-16(11-5-1)19(17-12-6-2-7-13-17)18-14-8-3-9-15-18;3*13-10(14)11(15)16-12-4-7-1-8(5-12)3-9(2-7)6-12;11-10-4-7-1-8(5-10)3-9(2-7)6-10;1-9(2)7-3-5-8-6-4-7;3-1(4)2(5)6;;;;;/h2*1-15H;3*7-9H,1-6H2,(H,13,14);7-9,11H,1-6H2;3-6H,1-2H3;(H,3,4)(H,5,6);1H4;1H;;2*1H2/q2*+1;;;;;;;;;+1;;/p-4. The molecule has 0 saturated heterocycles. The van der Waals surface area contributed by atoms with E-state index in [1.807, 2.05) is 31.1 Å². The molecule has 624 valence electrons. The van der Waals surface area contributed by atoms with Crippen molar-refractivity contribution in [3.05, 3.63) is 207 Å². The van der Waals surface area contributed by atoms with Crippen LogP contribution in [0.3, 0.4) is 0 Å². The Morgan fingerprint density at radius 1 is 0.350 bits per heavy atom. The normalized spacial score (nSPS) is 28.4. The number of ether oxygens (including phenoxy) is 3. The van der Waals surface area contributed by atoms with Crippen LogP contribution in [0.5, 0.6) is 0 Å². The van der Waals surface area contributed by atoms with E-state index in [-0.39, 0.29) is 95.8 Å². The molecule has 0 radical (unpaired) electrons. The number of hydrogen-bond acceptors (Lipinski definition) is 17. The van der Waals surface area contributed by atoms with Crippen molar-refractivity contribution < 1.29 is 131 Å². The molecule has 117 heavy (non-hydrogen) atoms. The van der Waals surface area contributed by atoms with Crippen LogP contribution < -0.4 is 52.0 Å². The molecule has 16 saturated carbocycles. The van der Waals surface area contributed by atoms with Gasteiger partial charge in [-0.1, -0.05) is 117 Å². The van der Waals surface area contributed by atoms with E-state index in [4.69, 9.17) is 44.2 Å². The number of aromatic nitrogens is 1. The number of esters is 3. The number of pyridine rings is 1. The van der Waals surface area contributed by atoms with Gasteiger partial charge in [0.25, 0.3) is 0 Å². The van der Waals surface area contributed by atoms with Gasteiger partial charge in [-0.25, -0.2) is 33.6 Å². The number of carboxylic acids is 5. The Morgan fingerprint density at radius 2 is 0.538 bits per heavy atom. The Bertz CT molecular complexity index is 3710. The molecule has 0 aliphatic heterocycles. The van der Waals surface area contributed by atoms with Crippen LogP contribution in [-0.4, -0.2) is 120 Å². The van der Waals surface area contributed by atoms with Crippen molar-refractivity contribution in [3.8, 4) is 0 Å². The number of hydrogen-bond donors (Lipinski definition) is 5. The smallest absolute Gasteiger partial charge is 1.00 e. The van der Waals surface area contributed by atoms with Crippen molar-refractivity contribution in [1.82, 2.24) is 4.98 Å². The number of aliphatic hydroxyl groups is 1. The summed E-state index contributed by atoms with van der Waals surface area (Å²) in [5, 5.41) is 52.5. The average molecular weight is 1690 g/mol. The predicted octanol–water partition coefficient (Wildman–Crippen LogP) is 9.43. The van der Waals surface area contributed by atoms with Crippen molar-refractivity contribution in [1.29, 1.82) is 0 Å². The van der Waals surface area contributed by atoms with Gasteiger partial charge in [0, 0.05) is 32.2 Å². The summed E-state index contributed by atoms with van der Waals surface area (Å²) in [5.41, 5.74) is -0.334. The molecule has 16 bridgehead atoms. The van der Waals surface area contributed by atoms with Gasteiger partial charge in [0.2, 0.25) is 0 Å². The number of thiol groups is 1. The molecule has 25 heteroatoms. The third kappa shape index (κ3) is 26.4. The molecule has 0 spiro atoms. The molecule has 20 nitrogen and oxygen atoms in total. The van der Waals surface area contributed by atoms with E-state index in [2.05, 4.69) is 187 Å². The second-order valence-electron chi connectivity index (χ2n) is 33.7. The third-order valence-electron chi connectivity index (χ3n) is 24.6. The van der Waals surface area contributed by atoms with Crippen LogP contribution in [-0.2, 0) is 87.9 Å². The van der Waals surface area contributed by atoms with E-state index < -0.39 is 64.6 Å². The minimum Gasteiger partial charge on any atom is -1.00 e. The van der Waals surface area contributed by atoms with Crippen LogP contribution in [0.1, 0.15) is 162 Å². The molecule has 1 heterocycles. The average Bonchev–Trinajstić information content (AvgIpc) is 0.754. The van der Waals surface area contributed by atoms with Gasteiger partial charge in [0.15, 0.2) is 35.3 Å². The quantitative estimate of drug-likeness (QED) is 0.0162. The third-order valence-corrected chi connectivity index (χ3v) is 29.1. The summed E-state index contributed by atoms with van der Waals surface area (Å²) in [6.07, 6.45) is 30.4. The van der Waals surface area contributed by atoms with Crippen LogP contribution in [0.25, 0.3) is 0 Å². The molecule has 6 N–H and O–H groups in total. The van der Waals surface area contributed by atoms with Crippen LogP contribution >= 0.6 is 0 Å². The summed E-state index contributed by atoms with van der Waals surface area (Å²) >= 11 is 0. The Balaban J connectivity index is 0.000000187. The minimum absolute atomic E-state index is 0. The second kappa shape index (κ2) is 44.0. The van der Waals surface area contributed by atoms with Crippen molar-refractivity contribution in [3.63, 3.8) is 0 Å². The summed E-state index contributed by atoms with van der Waals surface area (Å²) in [7, 11) is 3.99. The molecule has 1 aromatic heterocycles. The van der Waals surface area contributed by atoms with Gasteiger partial charge in [-0.15, -0.1) is 0 Å². The first-order valence-electron chi connectivity index (χ1n) is 39.7. The van der Waals surface area contributed by atoms with E-state index in [1.165, 1.54) is 112 Å². The molecule has 0 unspecified atom stereocenters. The zero-order valence-electron chi connectivity index (χ0n) is 66.1. The molecule has 16 fully saturated rings. The molecular weight excluding hydrogens is 1580 g/mol. The summed E-state index contributed by atoms with van der Waals surface area (Å²) in [6.45, 7) is 0. The number of carbonyl (C=O) groups is 8. The number of rotatable bonds is 10. The zero-order chi connectivity index (χ0) is 79.2. The van der Waals surface area contributed by atoms with Gasteiger partial charge in [-0.2, -0.15) is 0 Å². The minimum atomic E-state index is -1.82. The van der Waals surface area contributed by atoms with E-state index in [0.717, 1.165) is 94.8 Å². The van der Waals surface area contributed by atoms with Gasteiger partial charge in [0.05, 0.1) is 27.4 Å². The van der Waals surface area contributed by atoms with E-state index in [1.54, 1.807) is 12.4 Å². The Kier molecular flexibility index (Phi) is 36.3. The maximum Gasteiger partial charge on any atom is 1.00 e. The maximum absolute atomic E-state index is 11.2. The Morgan fingerprint density at radius 3 is 0.692 bits per heavy atom. The fraction of sp³-hybridized carbons (Fsp3) is 0.467. The number of nitrogens with zero attached hydrogens (tertiary/aromatic N) is 2. The topological polar surface area (TPSA) is 335 Å². The van der Waals surface area contributed by atoms with Crippen molar-refractivity contribution >= 4 is 88.7 Å². The molecule has 16 aliphatic rings. The van der Waals surface area contributed by atoms with Gasteiger partial charge in [0.1, 0.15) is 16.8 Å². The molecule has 0 atom stereocenters. The van der Waals surface area contributed by atoms with Crippen LogP contribution in [0.15, 0.2) is 236 Å². The van der Waals surface area contributed by atoms with Gasteiger partial charge >= 0.3 is 71.3 Å². The molecule has 23 rings (SSSR count). The first kappa shape index (κ1) is 96.4. The Hall–Kier alpha value is -7.71. The van der Waals surface area contributed by atoms with Gasteiger partial charge < -0.3 is 85.9 Å². The molecule has 7 aromatic rings. The first-order valence-corrected chi connectivity index (χ1v) is 42.1. The second-order valence-corrected chi connectivity index (χ2v) is 37.8. The van der Waals surface area contributed by atoms with Crippen molar-refractivity contribution in [2.45, 2.75) is 213 Å². The number of carbonyl (C=O) groups excluding carboxylic acids is 4. The molecule has 16 aliphatic carbocycles. The van der Waals surface area contributed by atoms with Crippen LogP contribution in [0.4, 0.5) is 5.69 Å². The summed E-state index contributed by atoms with van der Waals surface area (Å²) in [4.78, 5) is 97.4. The van der Waals surface area contributed by atoms with Crippen LogP contribution in [0.2, 0.25) is 0 Å². The first-order chi connectivity index (χ1) is 53.8. The fourth-order valence-electron chi connectivity index (χ4n) is 22.1. The summed E-state index contributed by atoms with van der Waals surface area (Å²) in [6, 6.07) is 68.3. The summed E-state index contributed by atoms with van der Waals surface area (Å²) < 4.78 is 15.8. The molecule has 6 aromatic carbocycles. The number of aliphatic carboxylic acids is 5. The van der Waals surface area contributed by atoms with Crippen LogP contribution in [0, 0.1) is 71.0 Å². The SMILES string of the molecule is C.CN(C)c1ccncc1.O=C(O)C(=O)O.O=C(O)C(=O)OC12CC3CC(CC(C3)C1)C2.O=C(O)C(=O)OC12CC3CC(CC(C3)C1)C2.O=C([O-])C(=O)OC12CC3CC(CC(C3)C1)C2.OC12CC3CC(CC(C3)C1)C2.[Cl-].[Na+].[OH-].[SH-].c1ccc([S+](c2ccccc2)c2ccccc2)cc1.c1ccc([S+](c2ccccc2)c2ccccc2)cc1.